The van der Waals surface area contributed by atoms with Crippen molar-refractivity contribution in [3.63, 3.8) is 0 Å². The van der Waals surface area contributed by atoms with E-state index in [0.29, 0.717) is 31.2 Å². The number of nitrogens with one attached hydrogen (secondary N) is 2. The van der Waals surface area contributed by atoms with Crippen LogP contribution in [0.4, 0.5) is 9.52 Å². The molecule has 1 aliphatic heterocycles. The number of hydrogen-bond donors (Lipinski definition) is 2. The number of thioether (sulfide) groups is 1. The third-order valence-corrected chi connectivity index (χ3v) is 5.91. The summed E-state index contributed by atoms with van der Waals surface area (Å²) in [7, 11) is 0. The first-order valence-electron chi connectivity index (χ1n) is 8.36. The third-order valence-electron chi connectivity index (χ3n) is 3.99. The van der Waals surface area contributed by atoms with E-state index in [9.17, 15) is 14.0 Å². The molecule has 1 aliphatic rings. The van der Waals surface area contributed by atoms with E-state index >= 15 is 0 Å². The Morgan fingerprint density at radius 2 is 1.93 bits per heavy atom. The first-order chi connectivity index (χ1) is 14.0. The fraction of sp³-hybridized carbons (Fsp3) is 0. The van der Waals surface area contributed by atoms with Gasteiger partial charge in [-0.25, -0.2) is 9.37 Å². The van der Waals surface area contributed by atoms with Crippen molar-refractivity contribution in [1.82, 2.24) is 10.3 Å². The summed E-state index contributed by atoms with van der Waals surface area (Å²) in [5, 5.41) is 7.35. The molecule has 5 nitrogen and oxygen atoms in total. The summed E-state index contributed by atoms with van der Waals surface area (Å²) in [6.45, 7) is 0. The molecule has 1 fully saturated rings. The maximum Gasteiger partial charge on any atom is 0.263 e. The molecule has 0 spiro atoms. The minimum absolute atomic E-state index is 0.226. The average molecular weight is 442 g/mol. The van der Waals surface area contributed by atoms with Crippen LogP contribution in [0.5, 0.6) is 0 Å². The minimum atomic E-state index is -0.366. The summed E-state index contributed by atoms with van der Waals surface area (Å²) in [5.41, 5.74) is 2.07. The van der Waals surface area contributed by atoms with E-state index in [1.807, 2.05) is 0 Å². The Kier molecular flexibility index (Phi) is 5.52. The highest BCUT2D eigenvalue weighted by atomic mass is 32.2. The summed E-state index contributed by atoms with van der Waals surface area (Å²) in [4.78, 5) is 29.0. The molecule has 1 aromatic heterocycles. The second-order valence-electron chi connectivity index (χ2n) is 5.95. The van der Waals surface area contributed by atoms with Gasteiger partial charge in [-0.15, -0.1) is 11.3 Å². The molecule has 0 radical (unpaired) electrons. The van der Waals surface area contributed by atoms with E-state index in [2.05, 4.69) is 15.6 Å². The second-order valence-corrected chi connectivity index (χ2v) is 8.52. The van der Waals surface area contributed by atoms with Gasteiger partial charge in [-0.3, -0.25) is 14.9 Å². The van der Waals surface area contributed by atoms with Crippen LogP contribution in [0, 0.1) is 5.82 Å². The summed E-state index contributed by atoms with van der Waals surface area (Å²) < 4.78 is 14.3. The molecule has 29 heavy (non-hydrogen) atoms. The first kappa shape index (κ1) is 19.4. The number of thiocarbonyl (C=S) groups is 1. The van der Waals surface area contributed by atoms with Gasteiger partial charge >= 0.3 is 0 Å². The van der Waals surface area contributed by atoms with Gasteiger partial charge in [-0.05, 0) is 35.9 Å². The maximum absolute atomic E-state index is 13.9. The normalized spacial score (nSPS) is 14.9. The van der Waals surface area contributed by atoms with E-state index in [4.69, 9.17) is 12.2 Å². The van der Waals surface area contributed by atoms with Crippen LogP contribution in [-0.2, 0) is 4.79 Å². The van der Waals surface area contributed by atoms with Crippen molar-refractivity contribution in [3.8, 4) is 11.3 Å². The fourth-order valence-electron chi connectivity index (χ4n) is 2.60. The highest BCUT2D eigenvalue weighted by Crippen LogP contribution is 2.28. The van der Waals surface area contributed by atoms with Crippen molar-refractivity contribution in [2.45, 2.75) is 0 Å². The van der Waals surface area contributed by atoms with E-state index in [1.165, 1.54) is 29.2 Å². The average Bonchev–Trinajstić information content (AvgIpc) is 3.28. The molecule has 0 aliphatic carbocycles. The monoisotopic (exact) mass is 441 g/mol. The van der Waals surface area contributed by atoms with Gasteiger partial charge in [0, 0.05) is 16.5 Å². The molecule has 2 N–H and O–H groups in total. The van der Waals surface area contributed by atoms with Gasteiger partial charge in [0.25, 0.3) is 11.8 Å². The number of halogens is 1. The van der Waals surface area contributed by atoms with Gasteiger partial charge < -0.3 is 5.32 Å². The van der Waals surface area contributed by atoms with Crippen LogP contribution in [0.15, 0.2) is 58.8 Å². The van der Waals surface area contributed by atoms with Gasteiger partial charge in [-0.2, -0.15) is 0 Å². The highest BCUT2D eigenvalue weighted by Gasteiger charge is 2.21. The first-order valence-corrected chi connectivity index (χ1v) is 10.5. The number of anilines is 1. The Balaban J connectivity index is 1.46. The maximum atomic E-state index is 13.9. The number of nitrogens with zero attached hydrogens (tertiary/aromatic N) is 1. The van der Waals surface area contributed by atoms with Crippen LogP contribution in [0.25, 0.3) is 17.3 Å². The molecule has 1 saturated heterocycles. The van der Waals surface area contributed by atoms with Crippen molar-refractivity contribution < 1.29 is 14.0 Å². The predicted octanol–water partition coefficient (Wildman–Crippen LogP) is 4.69. The lowest BCUT2D eigenvalue weighted by Gasteiger charge is -2.03. The molecule has 2 amide bonds. The van der Waals surface area contributed by atoms with Crippen molar-refractivity contribution in [1.29, 1.82) is 0 Å². The van der Waals surface area contributed by atoms with Gasteiger partial charge in [-0.1, -0.05) is 48.2 Å². The number of thiazole rings is 1. The number of hydrogen-bond acceptors (Lipinski definition) is 6. The van der Waals surface area contributed by atoms with E-state index < -0.39 is 0 Å². The van der Waals surface area contributed by atoms with Gasteiger partial charge in [0.15, 0.2) is 5.13 Å². The molecule has 144 valence electrons. The zero-order valence-electron chi connectivity index (χ0n) is 14.6. The number of carbonyl (C=O) groups excluding carboxylic acids is 2. The minimum Gasteiger partial charge on any atom is -0.307 e. The fourth-order valence-corrected chi connectivity index (χ4v) is 4.35. The van der Waals surface area contributed by atoms with E-state index in [-0.39, 0.29) is 17.6 Å². The Bertz CT molecular complexity index is 1160. The third kappa shape index (κ3) is 4.42. The van der Waals surface area contributed by atoms with Crippen molar-refractivity contribution in [3.05, 3.63) is 75.8 Å². The SMILES string of the molecule is O=C1NC(=S)S/C1=C\c1ccc(C(=O)Nc2nc(-c3ccccc3F)cs2)cc1. The van der Waals surface area contributed by atoms with E-state index in [0.717, 1.165) is 5.56 Å². The molecule has 3 aromatic rings. The smallest absolute Gasteiger partial charge is 0.263 e. The lowest BCUT2D eigenvalue weighted by Crippen LogP contribution is -2.17. The molecule has 2 aromatic carbocycles. The van der Waals surface area contributed by atoms with Crippen LogP contribution in [-0.4, -0.2) is 21.1 Å². The zero-order chi connectivity index (χ0) is 20.4. The summed E-state index contributed by atoms with van der Waals surface area (Å²) >= 11 is 7.38. The molecule has 0 unspecified atom stereocenters. The highest BCUT2D eigenvalue weighted by molar-refractivity contribution is 8.26. The van der Waals surface area contributed by atoms with Crippen LogP contribution < -0.4 is 10.6 Å². The van der Waals surface area contributed by atoms with Crippen LogP contribution in [0.2, 0.25) is 0 Å². The molecule has 2 heterocycles. The molecule has 0 atom stereocenters. The Morgan fingerprint density at radius 1 is 1.17 bits per heavy atom. The predicted molar refractivity (Wildman–Crippen MR) is 118 cm³/mol. The number of rotatable bonds is 4. The van der Waals surface area contributed by atoms with Gasteiger partial charge in [0.05, 0.1) is 10.6 Å². The largest absolute Gasteiger partial charge is 0.307 e. The number of benzene rings is 2. The Hall–Kier alpha value is -2.88. The molecule has 9 heteroatoms. The molecule has 4 rings (SSSR count). The second kappa shape index (κ2) is 8.24. The topological polar surface area (TPSA) is 71.1 Å². The van der Waals surface area contributed by atoms with E-state index in [1.54, 1.807) is 53.9 Å². The number of amides is 2. The molecular formula is C20H12FN3O2S3. The quantitative estimate of drug-likeness (QED) is 0.454. The molecule has 0 saturated carbocycles. The van der Waals surface area contributed by atoms with Gasteiger partial charge in [0.1, 0.15) is 10.1 Å². The zero-order valence-corrected chi connectivity index (χ0v) is 17.1. The lowest BCUT2D eigenvalue weighted by atomic mass is 10.1. The number of carbonyl (C=O) groups is 2. The summed E-state index contributed by atoms with van der Waals surface area (Å²) in [5.74, 6) is -0.917. The van der Waals surface area contributed by atoms with Crippen molar-refractivity contribution >= 4 is 62.7 Å². The Labute approximate surface area is 179 Å². The lowest BCUT2D eigenvalue weighted by molar-refractivity contribution is -0.115. The van der Waals surface area contributed by atoms with Crippen LogP contribution in [0.1, 0.15) is 15.9 Å². The number of aromatic nitrogens is 1. The van der Waals surface area contributed by atoms with Crippen LogP contribution in [0.3, 0.4) is 0 Å². The summed E-state index contributed by atoms with van der Waals surface area (Å²) in [6, 6.07) is 13.1. The molecular weight excluding hydrogens is 429 g/mol. The molecule has 0 bridgehead atoms. The van der Waals surface area contributed by atoms with Crippen molar-refractivity contribution in [2.75, 3.05) is 5.32 Å². The van der Waals surface area contributed by atoms with Crippen LogP contribution >= 0.6 is 35.3 Å². The Morgan fingerprint density at radius 3 is 2.62 bits per heavy atom. The standard InChI is InChI=1S/C20H12FN3O2S3/c21-14-4-2-1-3-13(14)15-10-28-19(22-15)23-17(25)12-7-5-11(6-8-12)9-16-18(26)24-20(27)29-16/h1-10H,(H,22,23,25)(H,24,26,27)/b16-9-. The summed E-state index contributed by atoms with van der Waals surface area (Å²) in [6.07, 6.45) is 1.71. The van der Waals surface area contributed by atoms with Crippen molar-refractivity contribution in [2.24, 2.45) is 0 Å². The van der Waals surface area contributed by atoms with Gasteiger partial charge in [0.2, 0.25) is 0 Å².